The zero-order valence-corrected chi connectivity index (χ0v) is 13.3. The standard InChI is InChI=1S/C16H23NO4/c1-10(2)16(19)8-17(9-16)15(18)12-6-13(20-4)11(3)14(7-12)21-5/h6-7,10,19H,8-9H2,1-5H3. The minimum Gasteiger partial charge on any atom is -0.496 e. The van der Waals surface area contributed by atoms with Crippen LogP contribution in [0.25, 0.3) is 0 Å². The molecule has 0 unspecified atom stereocenters. The first-order chi connectivity index (χ1) is 9.82. The lowest BCUT2D eigenvalue weighted by Crippen LogP contribution is -2.65. The molecule has 1 aliphatic rings. The smallest absolute Gasteiger partial charge is 0.254 e. The molecule has 2 rings (SSSR count). The summed E-state index contributed by atoms with van der Waals surface area (Å²) in [6.45, 7) is 6.52. The zero-order chi connectivity index (χ0) is 15.8. The predicted octanol–water partition coefficient (Wildman–Crippen LogP) is 1.86. The Kier molecular flexibility index (Phi) is 4.14. The van der Waals surface area contributed by atoms with Gasteiger partial charge in [0.15, 0.2) is 0 Å². The second-order valence-electron chi connectivity index (χ2n) is 5.93. The third-order valence-electron chi connectivity index (χ3n) is 4.29. The number of rotatable bonds is 4. The van der Waals surface area contributed by atoms with Gasteiger partial charge in [-0.25, -0.2) is 0 Å². The van der Waals surface area contributed by atoms with E-state index in [0.717, 1.165) is 5.56 Å². The number of hydrogen-bond donors (Lipinski definition) is 1. The highest BCUT2D eigenvalue weighted by Gasteiger charge is 2.46. The lowest BCUT2D eigenvalue weighted by molar-refractivity contribution is -0.110. The molecule has 0 saturated carbocycles. The van der Waals surface area contributed by atoms with Crippen LogP contribution in [-0.2, 0) is 0 Å². The summed E-state index contributed by atoms with van der Waals surface area (Å²) in [5, 5.41) is 10.3. The van der Waals surface area contributed by atoms with Crippen molar-refractivity contribution < 1.29 is 19.4 Å². The van der Waals surface area contributed by atoms with Crippen LogP contribution in [0.1, 0.15) is 29.8 Å². The van der Waals surface area contributed by atoms with Crippen LogP contribution >= 0.6 is 0 Å². The van der Waals surface area contributed by atoms with Gasteiger partial charge in [0.2, 0.25) is 0 Å². The fraction of sp³-hybridized carbons (Fsp3) is 0.562. The van der Waals surface area contributed by atoms with Gasteiger partial charge in [-0.1, -0.05) is 13.8 Å². The number of carbonyl (C=O) groups is 1. The molecule has 1 saturated heterocycles. The summed E-state index contributed by atoms with van der Waals surface area (Å²) in [5.41, 5.74) is 0.605. The Bertz CT molecular complexity index is 522. The van der Waals surface area contributed by atoms with E-state index in [0.29, 0.717) is 30.2 Å². The molecule has 21 heavy (non-hydrogen) atoms. The maximum absolute atomic E-state index is 12.5. The summed E-state index contributed by atoms with van der Waals surface area (Å²) < 4.78 is 10.6. The largest absolute Gasteiger partial charge is 0.496 e. The van der Waals surface area contributed by atoms with E-state index >= 15 is 0 Å². The molecule has 0 radical (unpaired) electrons. The van der Waals surface area contributed by atoms with Gasteiger partial charge in [-0.2, -0.15) is 0 Å². The molecule has 0 atom stereocenters. The summed E-state index contributed by atoms with van der Waals surface area (Å²) in [7, 11) is 3.13. The van der Waals surface area contributed by atoms with Crippen LogP contribution in [0.3, 0.4) is 0 Å². The average molecular weight is 293 g/mol. The van der Waals surface area contributed by atoms with Crippen molar-refractivity contribution in [1.29, 1.82) is 0 Å². The van der Waals surface area contributed by atoms with Gasteiger partial charge in [0.1, 0.15) is 17.1 Å². The second kappa shape index (κ2) is 5.56. The highest BCUT2D eigenvalue weighted by atomic mass is 16.5. The molecule has 5 heteroatoms. The number of benzene rings is 1. The van der Waals surface area contributed by atoms with Crippen molar-refractivity contribution in [3.05, 3.63) is 23.3 Å². The van der Waals surface area contributed by atoms with Gasteiger partial charge in [-0.05, 0) is 25.0 Å². The lowest BCUT2D eigenvalue weighted by Gasteiger charge is -2.49. The Labute approximate surface area is 125 Å². The van der Waals surface area contributed by atoms with E-state index in [1.54, 1.807) is 31.3 Å². The summed E-state index contributed by atoms with van der Waals surface area (Å²) >= 11 is 0. The minimum absolute atomic E-state index is 0.114. The molecule has 0 bridgehead atoms. The number of methoxy groups -OCH3 is 2. The third-order valence-corrected chi connectivity index (χ3v) is 4.29. The molecule has 0 aliphatic carbocycles. The van der Waals surface area contributed by atoms with Crippen LogP contribution in [0.4, 0.5) is 0 Å². The van der Waals surface area contributed by atoms with Crippen molar-refractivity contribution in [1.82, 2.24) is 4.90 Å². The Hall–Kier alpha value is -1.75. The molecule has 1 N–H and O–H groups in total. The van der Waals surface area contributed by atoms with Gasteiger partial charge in [0.05, 0.1) is 27.3 Å². The number of aliphatic hydroxyl groups is 1. The van der Waals surface area contributed by atoms with E-state index in [1.807, 2.05) is 20.8 Å². The van der Waals surface area contributed by atoms with Gasteiger partial charge in [-0.15, -0.1) is 0 Å². The Morgan fingerprint density at radius 2 is 1.71 bits per heavy atom. The molecule has 116 valence electrons. The number of ether oxygens (including phenoxy) is 2. The Balaban J connectivity index is 2.22. The fourth-order valence-electron chi connectivity index (χ4n) is 2.52. The zero-order valence-electron chi connectivity index (χ0n) is 13.3. The molecule has 1 fully saturated rings. The summed E-state index contributed by atoms with van der Waals surface area (Å²) in [4.78, 5) is 14.1. The minimum atomic E-state index is -0.769. The molecule has 5 nitrogen and oxygen atoms in total. The van der Waals surface area contributed by atoms with E-state index in [4.69, 9.17) is 9.47 Å². The van der Waals surface area contributed by atoms with Crippen LogP contribution in [0.5, 0.6) is 11.5 Å². The molecule has 0 aromatic heterocycles. The summed E-state index contributed by atoms with van der Waals surface area (Å²) in [6.07, 6.45) is 0. The maximum atomic E-state index is 12.5. The van der Waals surface area contributed by atoms with Crippen LogP contribution in [0.15, 0.2) is 12.1 Å². The first-order valence-corrected chi connectivity index (χ1v) is 7.06. The number of carbonyl (C=O) groups excluding carboxylic acids is 1. The average Bonchev–Trinajstić information content (AvgIpc) is 2.43. The van der Waals surface area contributed by atoms with E-state index in [1.165, 1.54) is 0 Å². The van der Waals surface area contributed by atoms with E-state index in [-0.39, 0.29) is 11.8 Å². The summed E-state index contributed by atoms with van der Waals surface area (Å²) in [6, 6.07) is 3.43. The Morgan fingerprint density at radius 1 is 1.24 bits per heavy atom. The molecule has 1 amide bonds. The van der Waals surface area contributed by atoms with Gasteiger partial charge in [0, 0.05) is 11.1 Å². The maximum Gasteiger partial charge on any atom is 0.254 e. The normalized spacial score (nSPS) is 16.6. The number of amides is 1. The number of hydrogen-bond acceptors (Lipinski definition) is 4. The van der Waals surface area contributed by atoms with Crippen molar-refractivity contribution in [2.24, 2.45) is 5.92 Å². The number of nitrogens with zero attached hydrogens (tertiary/aromatic N) is 1. The predicted molar refractivity (Wildman–Crippen MR) is 80.0 cm³/mol. The highest BCUT2D eigenvalue weighted by molar-refractivity contribution is 5.96. The van der Waals surface area contributed by atoms with Gasteiger partial charge >= 0.3 is 0 Å². The number of β-amino-alcohol motifs (C(OH)–C–C–N with tert-alkyl or cyclic N) is 1. The van der Waals surface area contributed by atoms with E-state index < -0.39 is 5.60 Å². The highest BCUT2D eigenvalue weighted by Crippen LogP contribution is 2.33. The molecule has 1 aliphatic heterocycles. The monoisotopic (exact) mass is 293 g/mol. The van der Waals surface area contributed by atoms with E-state index in [9.17, 15) is 9.90 Å². The lowest BCUT2D eigenvalue weighted by atomic mass is 9.82. The topological polar surface area (TPSA) is 59.0 Å². The quantitative estimate of drug-likeness (QED) is 0.920. The third kappa shape index (κ3) is 2.70. The molecule has 1 aromatic rings. The van der Waals surface area contributed by atoms with E-state index in [2.05, 4.69) is 0 Å². The second-order valence-corrected chi connectivity index (χ2v) is 5.93. The van der Waals surface area contributed by atoms with Crippen LogP contribution < -0.4 is 9.47 Å². The van der Waals surface area contributed by atoms with Crippen LogP contribution in [0.2, 0.25) is 0 Å². The first kappa shape index (κ1) is 15.6. The van der Waals surface area contributed by atoms with Crippen molar-refractivity contribution in [2.75, 3.05) is 27.3 Å². The molecule has 1 aromatic carbocycles. The number of likely N-dealkylation sites (tertiary alicyclic amines) is 1. The SMILES string of the molecule is COc1cc(C(=O)N2CC(O)(C(C)C)C2)cc(OC)c1C. The molecule has 1 heterocycles. The van der Waals surface area contributed by atoms with Crippen molar-refractivity contribution in [3.8, 4) is 11.5 Å². The van der Waals surface area contributed by atoms with Gasteiger partial charge in [0.25, 0.3) is 5.91 Å². The fourth-order valence-corrected chi connectivity index (χ4v) is 2.52. The van der Waals surface area contributed by atoms with Gasteiger partial charge in [-0.3, -0.25) is 4.79 Å². The van der Waals surface area contributed by atoms with Gasteiger partial charge < -0.3 is 19.5 Å². The molecule has 0 spiro atoms. The van der Waals surface area contributed by atoms with Crippen LogP contribution in [0, 0.1) is 12.8 Å². The molecular weight excluding hydrogens is 270 g/mol. The van der Waals surface area contributed by atoms with Crippen molar-refractivity contribution in [2.45, 2.75) is 26.4 Å². The first-order valence-electron chi connectivity index (χ1n) is 7.06. The molecular formula is C16H23NO4. The van der Waals surface area contributed by atoms with Crippen molar-refractivity contribution >= 4 is 5.91 Å². The van der Waals surface area contributed by atoms with Crippen LogP contribution in [-0.4, -0.2) is 48.8 Å². The van der Waals surface area contributed by atoms with Crippen molar-refractivity contribution in [3.63, 3.8) is 0 Å². The summed E-state index contributed by atoms with van der Waals surface area (Å²) in [5.74, 6) is 1.26. The Morgan fingerprint density at radius 3 is 2.10 bits per heavy atom.